The number of ether oxygens (including phenoxy) is 3. The number of hydrogen-bond acceptors (Lipinski definition) is 7. The Balaban J connectivity index is 1.64. The fraction of sp³-hybridized carbons (Fsp3) is 0.304. The number of hydrogen-bond donors (Lipinski definition) is 1. The minimum absolute atomic E-state index is 0.159. The third-order valence-corrected chi connectivity index (χ3v) is 6.70. The first kappa shape index (κ1) is 25.0. The van der Waals surface area contributed by atoms with Gasteiger partial charge in [0.2, 0.25) is 0 Å². The number of halogens is 2. The predicted molar refractivity (Wildman–Crippen MR) is 135 cm³/mol. The lowest BCUT2D eigenvalue weighted by molar-refractivity contribution is -0.137. The van der Waals surface area contributed by atoms with Crippen molar-refractivity contribution in [2.45, 2.75) is 6.92 Å². The summed E-state index contributed by atoms with van der Waals surface area (Å²) in [5.41, 5.74) is -0.386. The number of H-pyrrole nitrogens is 1. The molecule has 0 atom stereocenters. The van der Waals surface area contributed by atoms with Gasteiger partial charge in [0, 0.05) is 23.1 Å². The molecule has 1 aliphatic rings. The molecule has 10 nitrogen and oxygen atoms in total. The summed E-state index contributed by atoms with van der Waals surface area (Å²) in [7, 11) is 0. The second kappa shape index (κ2) is 11.1. The van der Waals surface area contributed by atoms with E-state index in [1.54, 1.807) is 42.2 Å². The number of amides is 1. The van der Waals surface area contributed by atoms with Crippen LogP contribution in [0.4, 0.5) is 0 Å². The first-order chi connectivity index (χ1) is 16.9. The zero-order valence-electron chi connectivity index (χ0n) is 18.8. The minimum atomic E-state index is -0.682. The van der Waals surface area contributed by atoms with Gasteiger partial charge in [0.15, 0.2) is 18.1 Å². The van der Waals surface area contributed by atoms with Gasteiger partial charge in [-0.25, -0.2) is 4.79 Å². The number of carbonyl (C=O) groups excluding carboxylic acids is 1. The molecule has 1 fully saturated rings. The van der Waals surface area contributed by atoms with Crippen LogP contribution < -0.4 is 20.7 Å². The number of nitrogens with zero attached hydrogens (tertiary/aromatic N) is 3. The third kappa shape index (κ3) is 5.42. The van der Waals surface area contributed by atoms with Crippen molar-refractivity contribution >= 4 is 50.6 Å². The Morgan fingerprint density at radius 2 is 2.00 bits per heavy atom. The Hall–Kier alpha value is -3.15. The molecular weight excluding hydrogens is 544 g/mol. The summed E-state index contributed by atoms with van der Waals surface area (Å²) in [5.74, 6) is 0.292. The molecule has 1 aliphatic heterocycles. The average molecular weight is 566 g/mol. The maximum atomic E-state index is 12.7. The van der Waals surface area contributed by atoms with Crippen molar-refractivity contribution in [2.75, 3.05) is 39.5 Å². The van der Waals surface area contributed by atoms with Crippen LogP contribution in [0.1, 0.15) is 12.5 Å². The Morgan fingerprint density at radius 3 is 2.74 bits per heavy atom. The number of carbonyl (C=O) groups is 1. The first-order valence-corrected chi connectivity index (χ1v) is 12.0. The van der Waals surface area contributed by atoms with Crippen LogP contribution in [0.2, 0.25) is 5.02 Å². The summed E-state index contributed by atoms with van der Waals surface area (Å²) in [6.07, 6.45) is 1.31. The number of benzene rings is 2. The molecule has 2 aromatic carbocycles. The number of rotatable bonds is 7. The van der Waals surface area contributed by atoms with E-state index in [9.17, 15) is 14.4 Å². The molecule has 0 saturated carbocycles. The molecule has 0 aliphatic carbocycles. The highest BCUT2D eigenvalue weighted by Gasteiger charge is 2.21. The zero-order chi connectivity index (χ0) is 24.9. The SMILES string of the molecule is CCOc1cc(C=Nn2c(=O)[nH]c3ccccc3c2=O)c(Br)c(Cl)c1OCC(=O)N1CCOCC1. The van der Waals surface area contributed by atoms with Crippen LogP contribution in [-0.2, 0) is 9.53 Å². The lowest BCUT2D eigenvalue weighted by Crippen LogP contribution is -2.43. The molecular formula is C23H22BrClN4O6. The predicted octanol–water partition coefficient (Wildman–Crippen LogP) is 2.62. The molecule has 184 valence electrons. The van der Waals surface area contributed by atoms with Gasteiger partial charge in [0.1, 0.15) is 5.02 Å². The largest absolute Gasteiger partial charge is 0.490 e. The standard InChI is InChI=1S/C23H22BrClN4O6/c1-2-34-17-11-14(12-26-29-22(31)15-5-3-4-6-16(15)27-23(29)32)19(24)20(25)21(17)35-13-18(30)28-7-9-33-10-8-28/h3-6,11-12H,2,7-10,13H2,1H3,(H,27,32). The number of aromatic amines is 1. The van der Waals surface area contributed by atoms with E-state index >= 15 is 0 Å². The van der Waals surface area contributed by atoms with Gasteiger partial charge in [-0.2, -0.15) is 5.10 Å². The van der Waals surface area contributed by atoms with E-state index in [0.29, 0.717) is 53.8 Å². The van der Waals surface area contributed by atoms with Crippen LogP contribution >= 0.6 is 27.5 Å². The zero-order valence-corrected chi connectivity index (χ0v) is 21.1. The highest BCUT2D eigenvalue weighted by molar-refractivity contribution is 9.10. The molecule has 1 N–H and O–H groups in total. The molecule has 12 heteroatoms. The quantitative estimate of drug-likeness (QED) is 0.441. The van der Waals surface area contributed by atoms with E-state index in [1.165, 1.54) is 6.21 Å². The number of para-hydroxylation sites is 1. The Morgan fingerprint density at radius 1 is 1.26 bits per heavy atom. The topological polar surface area (TPSA) is 115 Å². The Kier molecular flexibility index (Phi) is 7.89. The smallest absolute Gasteiger partial charge is 0.349 e. The van der Waals surface area contributed by atoms with Crippen LogP contribution in [-0.4, -0.2) is 66.2 Å². The van der Waals surface area contributed by atoms with Crippen molar-refractivity contribution in [1.82, 2.24) is 14.6 Å². The highest BCUT2D eigenvalue weighted by atomic mass is 79.9. The van der Waals surface area contributed by atoms with Crippen molar-refractivity contribution < 1.29 is 19.0 Å². The third-order valence-electron chi connectivity index (χ3n) is 5.26. The molecule has 1 amide bonds. The van der Waals surface area contributed by atoms with E-state index in [2.05, 4.69) is 26.0 Å². The number of morpholine rings is 1. The van der Waals surface area contributed by atoms with Gasteiger partial charge in [0.25, 0.3) is 11.5 Å². The summed E-state index contributed by atoms with van der Waals surface area (Å²) < 4.78 is 17.8. The summed E-state index contributed by atoms with van der Waals surface area (Å²) in [5, 5.41) is 4.56. The monoisotopic (exact) mass is 564 g/mol. The average Bonchev–Trinajstić information content (AvgIpc) is 2.87. The molecule has 4 rings (SSSR count). The van der Waals surface area contributed by atoms with Crippen LogP contribution in [0.5, 0.6) is 11.5 Å². The lowest BCUT2D eigenvalue weighted by atomic mass is 10.2. The van der Waals surface area contributed by atoms with Gasteiger partial charge in [-0.05, 0) is 41.1 Å². The summed E-state index contributed by atoms with van der Waals surface area (Å²) in [6, 6.07) is 8.25. The van der Waals surface area contributed by atoms with Crippen molar-refractivity contribution in [2.24, 2.45) is 5.10 Å². The van der Waals surface area contributed by atoms with E-state index in [-0.39, 0.29) is 29.0 Å². The first-order valence-electron chi connectivity index (χ1n) is 10.8. The number of aromatic nitrogens is 2. The van der Waals surface area contributed by atoms with Gasteiger partial charge < -0.3 is 24.1 Å². The second-order valence-corrected chi connectivity index (χ2v) is 8.64. The van der Waals surface area contributed by atoms with Gasteiger partial charge in [0.05, 0.1) is 36.9 Å². The van der Waals surface area contributed by atoms with E-state index in [1.807, 2.05) is 0 Å². The summed E-state index contributed by atoms with van der Waals surface area (Å²) in [4.78, 5) is 41.9. The molecule has 0 bridgehead atoms. The van der Waals surface area contributed by atoms with Crippen molar-refractivity contribution in [3.05, 3.63) is 66.2 Å². The molecule has 3 aromatic rings. The van der Waals surface area contributed by atoms with Crippen molar-refractivity contribution in [3.63, 3.8) is 0 Å². The molecule has 35 heavy (non-hydrogen) atoms. The fourth-order valence-electron chi connectivity index (χ4n) is 3.51. The van der Waals surface area contributed by atoms with Crippen molar-refractivity contribution in [1.29, 1.82) is 0 Å². The lowest BCUT2D eigenvalue weighted by Gasteiger charge is -2.27. The van der Waals surface area contributed by atoms with E-state index in [4.69, 9.17) is 25.8 Å². The van der Waals surface area contributed by atoms with Crippen LogP contribution in [0.15, 0.2) is 49.5 Å². The fourth-order valence-corrected chi connectivity index (χ4v) is 4.17. The van der Waals surface area contributed by atoms with Gasteiger partial charge in [-0.1, -0.05) is 23.7 Å². The molecule has 0 unspecified atom stereocenters. The van der Waals surface area contributed by atoms with Crippen LogP contribution in [0, 0.1) is 0 Å². The summed E-state index contributed by atoms with van der Waals surface area (Å²) >= 11 is 9.94. The van der Waals surface area contributed by atoms with E-state index in [0.717, 1.165) is 4.68 Å². The van der Waals surface area contributed by atoms with Gasteiger partial charge in [-0.15, -0.1) is 4.68 Å². The van der Waals surface area contributed by atoms with Crippen LogP contribution in [0.25, 0.3) is 10.9 Å². The van der Waals surface area contributed by atoms with Crippen LogP contribution in [0.3, 0.4) is 0 Å². The molecule has 1 saturated heterocycles. The molecule has 0 spiro atoms. The van der Waals surface area contributed by atoms with Crippen molar-refractivity contribution in [3.8, 4) is 11.5 Å². The Labute approximate surface area is 213 Å². The minimum Gasteiger partial charge on any atom is -0.490 e. The normalized spacial score (nSPS) is 14.0. The molecule has 2 heterocycles. The Bertz CT molecular complexity index is 1400. The maximum absolute atomic E-state index is 12.7. The van der Waals surface area contributed by atoms with Gasteiger partial charge in [-0.3, -0.25) is 9.59 Å². The number of fused-ring (bicyclic) bond motifs is 1. The van der Waals surface area contributed by atoms with Gasteiger partial charge >= 0.3 is 5.69 Å². The molecule has 0 radical (unpaired) electrons. The molecule has 1 aromatic heterocycles. The maximum Gasteiger partial charge on any atom is 0.349 e. The van der Waals surface area contributed by atoms with E-state index < -0.39 is 11.2 Å². The highest BCUT2D eigenvalue weighted by Crippen LogP contribution is 2.42. The summed E-state index contributed by atoms with van der Waals surface area (Å²) in [6.45, 7) is 3.86. The second-order valence-electron chi connectivity index (χ2n) is 7.47. The number of nitrogens with one attached hydrogen (secondary N) is 1.